The second-order valence-electron chi connectivity index (χ2n) is 16.1. The molecule has 0 atom stereocenters. The molecule has 5 rings (SSSR count). The highest BCUT2D eigenvalue weighted by Crippen LogP contribution is 2.29. The number of unbranched alkanes of at least 4 members (excludes halogenated alkanes) is 7. The summed E-state index contributed by atoms with van der Waals surface area (Å²) in [5.41, 5.74) is 6.32. The minimum atomic E-state index is 0.172. The van der Waals surface area contributed by atoms with E-state index in [0.717, 1.165) is 43.2 Å². The van der Waals surface area contributed by atoms with Crippen LogP contribution in [0.3, 0.4) is 0 Å². The van der Waals surface area contributed by atoms with Gasteiger partial charge < -0.3 is 35.0 Å². The quantitative estimate of drug-likeness (QED) is 0.0414. The number of aryl methyl sites for hydroxylation is 2. The molecule has 0 aromatic heterocycles. The summed E-state index contributed by atoms with van der Waals surface area (Å²) in [6, 6.07) is 33.1. The van der Waals surface area contributed by atoms with Crippen molar-refractivity contribution in [2.75, 3.05) is 14.2 Å². The van der Waals surface area contributed by atoms with E-state index in [0.29, 0.717) is 28.7 Å². The van der Waals surface area contributed by atoms with Crippen molar-refractivity contribution in [1.29, 1.82) is 0 Å². The average Bonchev–Trinajstić information content (AvgIpc) is 3.29. The Morgan fingerprint density at radius 1 is 0.460 bits per heavy atom. The summed E-state index contributed by atoms with van der Waals surface area (Å²) in [6.07, 6.45) is 20.4. The van der Waals surface area contributed by atoms with Gasteiger partial charge in [0.15, 0.2) is 23.0 Å². The van der Waals surface area contributed by atoms with Gasteiger partial charge in [-0.15, -0.1) is 13.2 Å². The van der Waals surface area contributed by atoms with Crippen molar-refractivity contribution in [1.82, 2.24) is 0 Å². The first-order valence-electron chi connectivity index (χ1n) is 22.6. The molecule has 0 amide bonds. The fourth-order valence-electron chi connectivity index (χ4n) is 6.16. The smallest absolute Gasteiger partial charge is 0.160 e. The van der Waals surface area contributed by atoms with Crippen LogP contribution in [0, 0.1) is 0 Å². The number of hydrogen-bond acceptors (Lipinski definition) is 7. The summed E-state index contributed by atoms with van der Waals surface area (Å²) in [4.78, 5) is 0. The van der Waals surface area contributed by atoms with Crippen molar-refractivity contribution < 1.29 is 35.0 Å². The molecule has 5 aromatic carbocycles. The minimum Gasteiger partial charge on any atom is -0.508 e. The number of phenols is 5. The van der Waals surface area contributed by atoms with Crippen LogP contribution in [0.4, 0.5) is 0 Å². The van der Waals surface area contributed by atoms with Gasteiger partial charge in [0.1, 0.15) is 17.2 Å². The standard InChI is InChI=1S/C13H20O.C12H18O.C11H16O.2C10H12O2/c1-2-3-4-5-6-7-12-8-10-13(14)11-9-12;1-2-3-4-5-6-11-7-9-12(13)10-8-11;1-4-11(2,3)9-5-7-10(12)8-6-9;2*1-3-4-8-5-6-9(11)10(7-8)12-2/h8-11,14H,2-7H2,1H3;7-10,13H,2-6H2,1H3;5-8,12H,4H2,1-3H3;2*3,5-7,11H,1,4H2,2H3. The van der Waals surface area contributed by atoms with Crippen LogP contribution in [0.1, 0.15) is 127 Å². The maximum atomic E-state index is 9.25. The maximum Gasteiger partial charge on any atom is 0.160 e. The van der Waals surface area contributed by atoms with Crippen LogP contribution >= 0.6 is 0 Å². The highest BCUT2D eigenvalue weighted by molar-refractivity contribution is 5.43. The number of ether oxygens (including phenoxy) is 2. The molecule has 0 saturated carbocycles. The summed E-state index contributed by atoms with van der Waals surface area (Å²) in [5, 5.41) is 45.8. The average molecular weight is 863 g/mol. The molecule has 344 valence electrons. The normalized spacial score (nSPS) is 10.2. The summed E-state index contributed by atoms with van der Waals surface area (Å²) in [5.74, 6) is 2.42. The third kappa shape index (κ3) is 24.4. The van der Waals surface area contributed by atoms with Crippen LogP contribution in [-0.2, 0) is 31.1 Å². The van der Waals surface area contributed by atoms with Crippen molar-refractivity contribution >= 4 is 0 Å². The van der Waals surface area contributed by atoms with Gasteiger partial charge in [0.2, 0.25) is 0 Å². The number of methoxy groups -OCH3 is 2. The Hall–Kier alpha value is -5.82. The van der Waals surface area contributed by atoms with Gasteiger partial charge in [0.05, 0.1) is 14.2 Å². The lowest BCUT2D eigenvalue weighted by atomic mass is 9.82. The summed E-state index contributed by atoms with van der Waals surface area (Å²) in [6.45, 7) is 18.3. The number of aromatic hydroxyl groups is 5. The molecule has 0 fully saturated rings. The second kappa shape index (κ2) is 32.8. The molecule has 0 aliphatic rings. The Morgan fingerprint density at radius 2 is 0.794 bits per heavy atom. The third-order valence-electron chi connectivity index (χ3n) is 10.5. The zero-order valence-corrected chi connectivity index (χ0v) is 39.4. The maximum absolute atomic E-state index is 9.25. The minimum absolute atomic E-state index is 0.172. The largest absolute Gasteiger partial charge is 0.508 e. The number of rotatable bonds is 19. The molecule has 5 N–H and O–H groups in total. The molecule has 0 heterocycles. The van der Waals surface area contributed by atoms with E-state index in [4.69, 9.17) is 24.8 Å². The SMILES string of the molecule is C=CCc1ccc(O)c(OC)c1.C=CCc1ccc(O)c(OC)c1.CCC(C)(C)c1ccc(O)cc1.CCCCCCCc1ccc(O)cc1.CCCCCCc1ccc(O)cc1. The molecule has 0 saturated heterocycles. The number of benzene rings is 5. The van der Waals surface area contributed by atoms with Gasteiger partial charge in [-0.3, -0.25) is 0 Å². The van der Waals surface area contributed by atoms with Crippen molar-refractivity contribution in [2.24, 2.45) is 0 Å². The Bertz CT molecular complexity index is 1870. The molecule has 0 spiro atoms. The lowest BCUT2D eigenvalue weighted by Crippen LogP contribution is -2.14. The van der Waals surface area contributed by atoms with Crippen molar-refractivity contribution in [3.63, 3.8) is 0 Å². The molecule has 0 aliphatic heterocycles. The van der Waals surface area contributed by atoms with Gasteiger partial charge >= 0.3 is 0 Å². The van der Waals surface area contributed by atoms with Crippen molar-refractivity contribution in [2.45, 2.75) is 130 Å². The summed E-state index contributed by atoms with van der Waals surface area (Å²) in [7, 11) is 3.07. The van der Waals surface area contributed by atoms with Gasteiger partial charge in [0, 0.05) is 0 Å². The van der Waals surface area contributed by atoms with Gasteiger partial charge in [0.25, 0.3) is 0 Å². The third-order valence-corrected chi connectivity index (χ3v) is 10.5. The van der Waals surface area contributed by atoms with Gasteiger partial charge in [-0.05, 0) is 139 Å². The number of allylic oxidation sites excluding steroid dienone is 2. The Morgan fingerprint density at radius 3 is 1.13 bits per heavy atom. The molecular formula is C56H78O7. The Balaban J connectivity index is 0.000000394. The fraction of sp³-hybridized carbons (Fsp3) is 0.393. The molecule has 63 heavy (non-hydrogen) atoms. The van der Waals surface area contributed by atoms with Crippen molar-refractivity contribution in [3.8, 4) is 40.2 Å². The van der Waals surface area contributed by atoms with Crippen LogP contribution in [-0.4, -0.2) is 39.8 Å². The monoisotopic (exact) mass is 863 g/mol. The van der Waals surface area contributed by atoms with Gasteiger partial charge in [-0.2, -0.15) is 0 Å². The lowest BCUT2D eigenvalue weighted by molar-refractivity contribution is 0.373. The van der Waals surface area contributed by atoms with Crippen LogP contribution in [0.5, 0.6) is 40.2 Å². The van der Waals surface area contributed by atoms with E-state index < -0.39 is 0 Å². The molecule has 0 aliphatic carbocycles. The zero-order chi connectivity index (χ0) is 46.9. The van der Waals surface area contributed by atoms with E-state index in [1.807, 2.05) is 60.7 Å². The predicted octanol–water partition coefficient (Wildman–Crippen LogP) is 14.8. The van der Waals surface area contributed by atoms with Crippen LogP contribution in [0.15, 0.2) is 135 Å². The molecule has 0 bridgehead atoms. The Kier molecular flexibility index (Phi) is 28.8. The molecule has 7 nitrogen and oxygen atoms in total. The number of phenolic OH excluding ortho intramolecular Hbond substituents is 5. The van der Waals surface area contributed by atoms with Crippen molar-refractivity contribution in [3.05, 3.63) is 162 Å². The van der Waals surface area contributed by atoms with Crippen LogP contribution in [0.25, 0.3) is 0 Å². The first kappa shape index (κ1) is 55.2. The lowest BCUT2D eigenvalue weighted by Gasteiger charge is -2.22. The molecule has 5 aromatic rings. The summed E-state index contributed by atoms with van der Waals surface area (Å²) < 4.78 is 9.90. The van der Waals surface area contributed by atoms with Gasteiger partial charge in [-0.25, -0.2) is 0 Å². The molecular weight excluding hydrogens is 785 g/mol. The highest BCUT2D eigenvalue weighted by atomic mass is 16.5. The first-order chi connectivity index (χ1) is 30.3. The topological polar surface area (TPSA) is 120 Å². The zero-order valence-electron chi connectivity index (χ0n) is 39.4. The fourth-order valence-corrected chi connectivity index (χ4v) is 6.16. The predicted molar refractivity (Wildman–Crippen MR) is 265 cm³/mol. The van der Waals surface area contributed by atoms with E-state index in [-0.39, 0.29) is 16.9 Å². The summed E-state index contributed by atoms with van der Waals surface area (Å²) >= 11 is 0. The van der Waals surface area contributed by atoms with E-state index in [2.05, 4.69) is 47.8 Å². The first-order valence-corrected chi connectivity index (χ1v) is 22.6. The van der Waals surface area contributed by atoms with E-state index in [1.54, 1.807) is 60.7 Å². The second-order valence-corrected chi connectivity index (χ2v) is 16.1. The Labute approximate surface area is 380 Å². The molecule has 0 radical (unpaired) electrons. The molecule has 0 unspecified atom stereocenters. The van der Waals surface area contributed by atoms with Gasteiger partial charge in [-0.1, -0.05) is 140 Å². The van der Waals surface area contributed by atoms with Crippen LogP contribution < -0.4 is 9.47 Å². The highest BCUT2D eigenvalue weighted by Gasteiger charge is 2.17. The van der Waals surface area contributed by atoms with E-state index >= 15 is 0 Å². The molecule has 7 heteroatoms. The van der Waals surface area contributed by atoms with E-state index in [9.17, 15) is 10.2 Å². The van der Waals surface area contributed by atoms with E-state index in [1.165, 1.54) is 88.7 Å². The van der Waals surface area contributed by atoms with Crippen LogP contribution in [0.2, 0.25) is 0 Å². The number of hydrogen-bond donors (Lipinski definition) is 5.